The van der Waals surface area contributed by atoms with E-state index < -0.39 is 5.82 Å². The summed E-state index contributed by atoms with van der Waals surface area (Å²) >= 11 is 0. The summed E-state index contributed by atoms with van der Waals surface area (Å²) in [4.78, 5) is 4.48. The molecule has 0 aliphatic heterocycles. The van der Waals surface area contributed by atoms with Crippen molar-refractivity contribution in [1.29, 1.82) is 5.41 Å². The minimum Gasteiger partial charge on any atom is -0.396 e. The molecule has 0 bridgehead atoms. The molecular weight excluding hydrogens is 333 g/mol. The van der Waals surface area contributed by atoms with E-state index >= 15 is 0 Å². The van der Waals surface area contributed by atoms with Crippen LogP contribution >= 0.6 is 0 Å². The SMILES string of the molecule is N=Cc1cc(-c2c(-c3ccccc3)nc(N)n3cnnc23)cc(F)c1N. The molecule has 2 heterocycles. The first-order chi connectivity index (χ1) is 12.6. The van der Waals surface area contributed by atoms with Crippen LogP contribution in [0, 0.1) is 11.2 Å². The summed E-state index contributed by atoms with van der Waals surface area (Å²) in [7, 11) is 0. The summed E-state index contributed by atoms with van der Waals surface area (Å²) < 4.78 is 15.9. The number of nitrogens with one attached hydrogen (secondary N) is 1. The first-order valence-corrected chi connectivity index (χ1v) is 7.74. The van der Waals surface area contributed by atoms with E-state index in [0.29, 0.717) is 22.5 Å². The normalized spacial score (nSPS) is 11.0. The van der Waals surface area contributed by atoms with Crippen molar-refractivity contribution in [3.63, 3.8) is 0 Å². The maximum atomic E-state index is 14.3. The molecule has 5 N–H and O–H groups in total. The number of nitrogen functional groups attached to an aromatic ring is 2. The van der Waals surface area contributed by atoms with Crippen LogP contribution in [-0.2, 0) is 0 Å². The van der Waals surface area contributed by atoms with E-state index in [4.69, 9.17) is 16.9 Å². The van der Waals surface area contributed by atoms with Gasteiger partial charge in [-0.15, -0.1) is 10.2 Å². The highest BCUT2D eigenvalue weighted by Gasteiger charge is 2.19. The van der Waals surface area contributed by atoms with E-state index in [1.165, 1.54) is 16.8 Å². The van der Waals surface area contributed by atoms with Gasteiger partial charge in [0.05, 0.1) is 16.9 Å². The quantitative estimate of drug-likeness (QED) is 0.389. The first-order valence-electron chi connectivity index (χ1n) is 7.74. The minimum absolute atomic E-state index is 0.0779. The van der Waals surface area contributed by atoms with Gasteiger partial charge in [-0.1, -0.05) is 30.3 Å². The molecule has 0 amide bonds. The summed E-state index contributed by atoms with van der Waals surface area (Å²) in [5, 5.41) is 15.5. The third kappa shape index (κ3) is 2.35. The standard InChI is InChI=1S/C18H14FN7/c19-13-7-11(6-12(8-20)15(13)21)14-16(10-4-2-1-3-5-10)24-18(22)26-9-23-25-17(14)26/h1-9,20H,21H2,(H2,22,24). The highest BCUT2D eigenvalue weighted by molar-refractivity contribution is 5.94. The van der Waals surface area contributed by atoms with Gasteiger partial charge in [0, 0.05) is 17.3 Å². The Hall–Kier alpha value is -3.81. The van der Waals surface area contributed by atoms with E-state index in [-0.39, 0.29) is 17.2 Å². The number of anilines is 2. The molecule has 0 unspecified atom stereocenters. The molecule has 0 fully saturated rings. The Balaban J connectivity index is 2.12. The van der Waals surface area contributed by atoms with Crippen LogP contribution in [0.5, 0.6) is 0 Å². The van der Waals surface area contributed by atoms with Crippen molar-refractivity contribution in [2.75, 3.05) is 11.5 Å². The average molecular weight is 347 g/mol. The Bertz CT molecular complexity index is 1140. The van der Waals surface area contributed by atoms with Gasteiger partial charge >= 0.3 is 0 Å². The molecule has 7 nitrogen and oxygen atoms in total. The lowest BCUT2D eigenvalue weighted by molar-refractivity contribution is 0.633. The van der Waals surface area contributed by atoms with Crippen molar-refractivity contribution in [2.24, 2.45) is 0 Å². The third-order valence-electron chi connectivity index (χ3n) is 4.13. The average Bonchev–Trinajstić information content (AvgIpc) is 3.15. The lowest BCUT2D eigenvalue weighted by atomic mass is 9.97. The van der Waals surface area contributed by atoms with E-state index in [0.717, 1.165) is 11.8 Å². The van der Waals surface area contributed by atoms with Crippen LogP contribution in [0.2, 0.25) is 0 Å². The van der Waals surface area contributed by atoms with Gasteiger partial charge in [-0.3, -0.25) is 4.40 Å². The molecule has 4 aromatic rings. The highest BCUT2D eigenvalue weighted by Crippen LogP contribution is 2.36. The zero-order valence-electron chi connectivity index (χ0n) is 13.5. The molecule has 0 saturated heterocycles. The second-order valence-electron chi connectivity index (χ2n) is 5.69. The molecule has 8 heteroatoms. The highest BCUT2D eigenvalue weighted by atomic mass is 19.1. The second kappa shape index (κ2) is 5.92. The Morgan fingerprint density at radius 2 is 1.85 bits per heavy atom. The Morgan fingerprint density at radius 3 is 2.58 bits per heavy atom. The predicted molar refractivity (Wildman–Crippen MR) is 98.3 cm³/mol. The van der Waals surface area contributed by atoms with Crippen LogP contribution in [0.3, 0.4) is 0 Å². The molecule has 128 valence electrons. The molecule has 0 radical (unpaired) electrons. The van der Waals surface area contributed by atoms with Crippen LogP contribution in [0.15, 0.2) is 48.8 Å². The molecule has 2 aromatic heterocycles. The lowest BCUT2D eigenvalue weighted by Crippen LogP contribution is -2.05. The summed E-state index contributed by atoms with van der Waals surface area (Å²) in [5.74, 6) is -0.398. The van der Waals surface area contributed by atoms with E-state index in [2.05, 4.69) is 15.2 Å². The maximum absolute atomic E-state index is 14.3. The van der Waals surface area contributed by atoms with Gasteiger partial charge in [0.25, 0.3) is 0 Å². The summed E-state index contributed by atoms with van der Waals surface area (Å²) in [6.45, 7) is 0. The van der Waals surface area contributed by atoms with Crippen molar-refractivity contribution < 1.29 is 4.39 Å². The van der Waals surface area contributed by atoms with Crippen molar-refractivity contribution >= 4 is 23.5 Å². The summed E-state index contributed by atoms with van der Waals surface area (Å²) in [6, 6.07) is 12.3. The van der Waals surface area contributed by atoms with Crippen LogP contribution in [0.4, 0.5) is 16.0 Å². The summed E-state index contributed by atoms with van der Waals surface area (Å²) in [5.41, 5.74) is 14.8. The van der Waals surface area contributed by atoms with Crippen molar-refractivity contribution in [3.05, 3.63) is 60.2 Å². The Labute approximate surface area is 147 Å². The Kier molecular flexibility index (Phi) is 3.58. The van der Waals surface area contributed by atoms with Crippen LogP contribution in [0.1, 0.15) is 5.56 Å². The van der Waals surface area contributed by atoms with E-state index in [1.807, 2.05) is 30.3 Å². The first kappa shape index (κ1) is 15.7. The molecule has 0 spiro atoms. The van der Waals surface area contributed by atoms with Gasteiger partial charge in [-0.2, -0.15) is 0 Å². The number of halogens is 1. The largest absolute Gasteiger partial charge is 0.396 e. The van der Waals surface area contributed by atoms with Gasteiger partial charge < -0.3 is 16.9 Å². The fraction of sp³-hybridized carbons (Fsp3) is 0. The smallest absolute Gasteiger partial charge is 0.207 e. The fourth-order valence-corrected chi connectivity index (χ4v) is 2.88. The van der Waals surface area contributed by atoms with Crippen molar-refractivity contribution in [1.82, 2.24) is 19.6 Å². The predicted octanol–water partition coefficient (Wildman–Crippen LogP) is 2.76. The monoisotopic (exact) mass is 347 g/mol. The van der Waals surface area contributed by atoms with Crippen molar-refractivity contribution in [2.45, 2.75) is 0 Å². The number of aromatic nitrogens is 4. The van der Waals surface area contributed by atoms with E-state index in [9.17, 15) is 4.39 Å². The number of benzene rings is 2. The molecule has 0 atom stereocenters. The minimum atomic E-state index is -0.616. The fourth-order valence-electron chi connectivity index (χ4n) is 2.88. The van der Waals surface area contributed by atoms with Crippen LogP contribution in [0.25, 0.3) is 28.0 Å². The molecule has 0 aliphatic rings. The van der Waals surface area contributed by atoms with Gasteiger partial charge in [-0.25, -0.2) is 9.37 Å². The number of hydrogen-bond donors (Lipinski definition) is 3. The van der Waals surface area contributed by atoms with Crippen LogP contribution < -0.4 is 11.5 Å². The van der Waals surface area contributed by atoms with Gasteiger partial charge in [0.1, 0.15) is 12.1 Å². The number of hydrogen-bond acceptors (Lipinski definition) is 6. The Morgan fingerprint density at radius 1 is 1.08 bits per heavy atom. The van der Waals surface area contributed by atoms with Crippen LogP contribution in [-0.4, -0.2) is 25.8 Å². The van der Waals surface area contributed by atoms with Gasteiger partial charge in [-0.05, 0) is 17.7 Å². The van der Waals surface area contributed by atoms with Crippen molar-refractivity contribution in [3.8, 4) is 22.4 Å². The maximum Gasteiger partial charge on any atom is 0.207 e. The summed E-state index contributed by atoms with van der Waals surface area (Å²) in [6.07, 6.45) is 2.46. The molecule has 4 rings (SSSR count). The molecular formula is C18H14FN7. The van der Waals surface area contributed by atoms with E-state index in [1.54, 1.807) is 6.07 Å². The molecule has 0 aliphatic carbocycles. The molecule has 2 aromatic carbocycles. The number of rotatable bonds is 3. The zero-order chi connectivity index (χ0) is 18.3. The topological polar surface area (TPSA) is 119 Å². The lowest BCUT2D eigenvalue weighted by Gasteiger charge is -2.13. The third-order valence-corrected chi connectivity index (χ3v) is 4.13. The number of nitrogens with zero attached hydrogens (tertiary/aromatic N) is 4. The van der Waals surface area contributed by atoms with Gasteiger partial charge in [0.15, 0.2) is 5.65 Å². The van der Waals surface area contributed by atoms with Gasteiger partial charge in [0.2, 0.25) is 5.95 Å². The molecule has 26 heavy (non-hydrogen) atoms. The number of fused-ring (bicyclic) bond motifs is 1. The number of nitrogens with two attached hydrogens (primary N) is 2. The second-order valence-corrected chi connectivity index (χ2v) is 5.69. The molecule has 0 saturated carbocycles. The zero-order valence-corrected chi connectivity index (χ0v) is 13.5.